The Morgan fingerprint density at radius 3 is 2.40 bits per heavy atom. The van der Waals surface area contributed by atoms with E-state index in [9.17, 15) is 14.4 Å². The lowest BCUT2D eigenvalue weighted by molar-refractivity contribution is -0.137. The van der Waals surface area contributed by atoms with Crippen molar-refractivity contribution in [1.82, 2.24) is 15.1 Å². The predicted molar refractivity (Wildman–Crippen MR) is 74.0 cm³/mol. The SMILES string of the molecule is CC(C)NC(=O)CN1C(=O)N(C)C2(CCCCC2)C1=O. The second-order valence-electron chi connectivity index (χ2n) is 6.05. The third kappa shape index (κ3) is 2.39. The first-order valence-electron chi connectivity index (χ1n) is 7.27. The van der Waals surface area contributed by atoms with Gasteiger partial charge in [-0.1, -0.05) is 19.3 Å². The van der Waals surface area contributed by atoms with Gasteiger partial charge in [0, 0.05) is 13.1 Å². The van der Waals surface area contributed by atoms with Gasteiger partial charge >= 0.3 is 6.03 Å². The molecule has 6 nitrogen and oxygen atoms in total. The van der Waals surface area contributed by atoms with Gasteiger partial charge in [-0.25, -0.2) is 4.79 Å². The van der Waals surface area contributed by atoms with E-state index in [1.165, 1.54) is 4.90 Å². The van der Waals surface area contributed by atoms with Crippen molar-refractivity contribution in [2.75, 3.05) is 13.6 Å². The van der Waals surface area contributed by atoms with Crippen molar-refractivity contribution >= 4 is 17.8 Å². The summed E-state index contributed by atoms with van der Waals surface area (Å²) in [5, 5.41) is 2.71. The van der Waals surface area contributed by atoms with Crippen LogP contribution in [0.4, 0.5) is 4.79 Å². The molecule has 0 aromatic carbocycles. The number of amides is 4. The first-order chi connectivity index (χ1) is 9.38. The van der Waals surface area contributed by atoms with Gasteiger partial charge in [-0.2, -0.15) is 0 Å². The van der Waals surface area contributed by atoms with Crippen LogP contribution in [0.15, 0.2) is 0 Å². The normalized spacial score (nSPS) is 22.0. The molecule has 1 aliphatic heterocycles. The molecule has 1 saturated carbocycles. The van der Waals surface area contributed by atoms with Crippen LogP contribution in [0.5, 0.6) is 0 Å². The lowest BCUT2D eigenvalue weighted by atomic mass is 9.81. The Labute approximate surface area is 119 Å². The molecule has 0 atom stereocenters. The van der Waals surface area contributed by atoms with E-state index in [2.05, 4.69) is 5.32 Å². The van der Waals surface area contributed by atoms with E-state index in [1.54, 1.807) is 7.05 Å². The number of carbonyl (C=O) groups is 3. The number of urea groups is 1. The summed E-state index contributed by atoms with van der Waals surface area (Å²) in [5.74, 6) is -0.494. The van der Waals surface area contributed by atoms with Crippen LogP contribution >= 0.6 is 0 Å². The van der Waals surface area contributed by atoms with E-state index in [-0.39, 0.29) is 30.4 Å². The summed E-state index contributed by atoms with van der Waals surface area (Å²) >= 11 is 0. The van der Waals surface area contributed by atoms with E-state index in [4.69, 9.17) is 0 Å². The summed E-state index contributed by atoms with van der Waals surface area (Å²) in [5.41, 5.74) is -0.701. The standard InChI is InChI=1S/C14H23N3O3/c1-10(2)15-11(18)9-17-12(19)14(16(3)13(17)20)7-5-4-6-8-14/h10H,4-9H2,1-3H3,(H,15,18). The highest BCUT2D eigenvalue weighted by atomic mass is 16.2. The summed E-state index contributed by atoms with van der Waals surface area (Å²) in [6.45, 7) is 3.52. The van der Waals surface area contributed by atoms with Crippen molar-refractivity contribution in [1.29, 1.82) is 0 Å². The summed E-state index contributed by atoms with van der Waals surface area (Å²) < 4.78 is 0. The average Bonchev–Trinajstić information content (AvgIpc) is 2.55. The van der Waals surface area contributed by atoms with Crippen molar-refractivity contribution < 1.29 is 14.4 Å². The molecule has 1 N–H and O–H groups in total. The second kappa shape index (κ2) is 5.42. The molecular formula is C14H23N3O3. The molecule has 6 heteroatoms. The van der Waals surface area contributed by atoms with Crippen LogP contribution in [-0.4, -0.2) is 52.8 Å². The monoisotopic (exact) mass is 281 g/mol. The molecule has 0 unspecified atom stereocenters. The quantitative estimate of drug-likeness (QED) is 0.788. The highest BCUT2D eigenvalue weighted by Crippen LogP contribution is 2.39. The zero-order valence-corrected chi connectivity index (χ0v) is 12.4. The molecule has 2 aliphatic rings. The maximum atomic E-state index is 12.6. The predicted octanol–water partition coefficient (Wildman–Crippen LogP) is 1.11. The lowest BCUT2D eigenvalue weighted by Gasteiger charge is -2.35. The summed E-state index contributed by atoms with van der Waals surface area (Å²) in [4.78, 5) is 39.3. The van der Waals surface area contributed by atoms with Crippen molar-refractivity contribution in [3.63, 3.8) is 0 Å². The van der Waals surface area contributed by atoms with Crippen molar-refractivity contribution in [2.45, 2.75) is 57.5 Å². The van der Waals surface area contributed by atoms with Gasteiger partial charge in [-0.05, 0) is 26.7 Å². The highest BCUT2D eigenvalue weighted by molar-refractivity contribution is 6.08. The molecule has 1 saturated heterocycles. The zero-order valence-electron chi connectivity index (χ0n) is 12.4. The van der Waals surface area contributed by atoms with Gasteiger partial charge in [-0.15, -0.1) is 0 Å². The van der Waals surface area contributed by atoms with Crippen LogP contribution in [0.25, 0.3) is 0 Å². The lowest BCUT2D eigenvalue weighted by Crippen LogP contribution is -2.49. The maximum Gasteiger partial charge on any atom is 0.327 e. The molecular weight excluding hydrogens is 258 g/mol. The van der Waals surface area contributed by atoms with Gasteiger partial charge < -0.3 is 10.2 Å². The van der Waals surface area contributed by atoms with Crippen LogP contribution in [0.1, 0.15) is 46.0 Å². The van der Waals surface area contributed by atoms with Crippen LogP contribution in [0.2, 0.25) is 0 Å². The Balaban J connectivity index is 2.13. The topological polar surface area (TPSA) is 69.7 Å². The Kier molecular flexibility index (Phi) is 4.01. The van der Waals surface area contributed by atoms with E-state index in [0.29, 0.717) is 12.8 Å². The van der Waals surface area contributed by atoms with Gasteiger partial charge in [0.05, 0.1) is 0 Å². The summed E-state index contributed by atoms with van der Waals surface area (Å²) in [6.07, 6.45) is 4.42. The minimum absolute atomic E-state index is 0.00308. The van der Waals surface area contributed by atoms with Gasteiger partial charge in [0.15, 0.2) is 0 Å². The summed E-state index contributed by atoms with van der Waals surface area (Å²) in [6, 6.07) is -0.354. The number of likely N-dealkylation sites (N-methyl/N-ethyl adjacent to an activating group) is 1. The van der Waals surface area contributed by atoms with Crippen molar-refractivity contribution in [2.24, 2.45) is 0 Å². The second-order valence-corrected chi connectivity index (χ2v) is 6.05. The number of imide groups is 1. The van der Waals surface area contributed by atoms with Crippen LogP contribution in [0.3, 0.4) is 0 Å². The fourth-order valence-corrected chi connectivity index (χ4v) is 3.18. The Bertz CT molecular complexity index is 427. The minimum atomic E-state index is -0.701. The molecule has 2 fully saturated rings. The summed E-state index contributed by atoms with van der Waals surface area (Å²) in [7, 11) is 1.67. The molecule has 2 rings (SSSR count). The third-order valence-corrected chi connectivity index (χ3v) is 4.24. The first-order valence-corrected chi connectivity index (χ1v) is 7.27. The molecule has 20 heavy (non-hydrogen) atoms. The van der Waals surface area contributed by atoms with Crippen LogP contribution in [0, 0.1) is 0 Å². The smallest absolute Gasteiger partial charge is 0.327 e. The minimum Gasteiger partial charge on any atom is -0.352 e. The number of nitrogens with one attached hydrogen (secondary N) is 1. The van der Waals surface area contributed by atoms with Crippen molar-refractivity contribution in [3.05, 3.63) is 0 Å². The van der Waals surface area contributed by atoms with E-state index in [0.717, 1.165) is 24.2 Å². The molecule has 0 radical (unpaired) electrons. The number of nitrogens with zero attached hydrogens (tertiary/aromatic N) is 2. The number of hydrogen-bond donors (Lipinski definition) is 1. The molecule has 4 amide bonds. The number of hydrogen-bond acceptors (Lipinski definition) is 3. The van der Waals surface area contributed by atoms with E-state index in [1.807, 2.05) is 13.8 Å². The maximum absolute atomic E-state index is 12.6. The molecule has 0 aromatic rings. The molecule has 1 heterocycles. The van der Waals surface area contributed by atoms with Gasteiger partial charge in [0.1, 0.15) is 12.1 Å². The Morgan fingerprint density at radius 1 is 1.25 bits per heavy atom. The first kappa shape index (κ1) is 14.8. The highest BCUT2D eigenvalue weighted by Gasteiger charge is 2.55. The van der Waals surface area contributed by atoms with Gasteiger partial charge in [0.2, 0.25) is 5.91 Å². The largest absolute Gasteiger partial charge is 0.352 e. The molecule has 0 bridgehead atoms. The average molecular weight is 281 g/mol. The molecule has 0 aromatic heterocycles. The number of rotatable bonds is 3. The molecule has 1 spiro atoms. The van der Waals surface area contributed by atoms with Gasteiger partial charge in [-0.3, -0.25) is 14.5 Å². The molecule has 1 aliphatic carbocycles. The van der Waals surface area contributed by atoms with Crippen LogP contribution in [-0.2, 0) is 9.59 Å². The molecule has 112 valence electrons. The van der Waals surface area contributed by atoms with Gasteiger partial charge in [0.25, 0.3) is 5.91 Å². The van der Waals surface area contributed by atoms with Crippen LogP contribution < -0.4 is 5.32 Å². The third-order valence-electron chi connectivity index (χ3n) is 4.24. The number of carbonyl (C=O) groups excluding carboxylic acids is 3. The fourth-order valence-electron chi connectivity index (χ4n) is 3.18. The Hall–Kier alpha value is -1.59. The van der Waals surface area contributed by atoms with E-state index < -0.39 is 5.54 Å². The van der Waals surface area contributed by atoms with E-state index >= 15 is 0 Å². The Morgan fingerprint density at radius 2 is 1.85 bits per heavy atom. The van der Waals surface area contributed by atoms with Crippen molar-refractivity contribution in [3.8, 4) is 0 Å². The zero-order chi connectivity index (χ0) is 14.9. The fraction of sp³-hybridized carbons (Fsp3) is 0.786.